The van der Waals surface area contributed by atoms with Gasteiger partial charge in [0.05, 0.1) is 11.8 Å². The number of carboxylic acids is 1. The number of esters is 1. The van der Waals surface area contributed by atoms with Gasteiger partial charge in [0, 0.05) is 11.1 Å². The standard InChI is InChI=1S/C24H30O6/c1-5-24(3,4)23(27)30-16-19-11-8-9-17(2)22(19)29-14-13-28-20-12-7-6-10-18(20)15-21(25)26/h6-12H,5,13-16H2,1-4H3,(H,25,26). The molecule has 0 spiro atoms. The van der Waals surface area contributed by atoms with E-state index in [1.807, 2.05) is 45.9 Å². The second kappa shape index (κ2) is 10.7. The average molecular weight is 414 g/mol. The van der Waals surface area contributed by atoms with Crippen LogP contribution in [-0.2, 0) is 27.4 Å². The molecule has 0 unspecified atom stereocenters. The minimum absolute atomic E-state index is 0.0988. The summed E-state index contributed by atoms with van der Waals surface area (Å²) in [5, 5.41) is 9.01. The first-order chi connectivity index (χ1) is 14.2. The maximum absolute atomic E-state index is 12.3. The quantitative estimate of drug-likeness (QED) is 0.429. The van der Waals surface area contributed by atoms with Crippen molar-refractivity contribution in [2.45, 2.75) is 47.1 Å². The summed E-state index contributed by atoms with van der Waals surface area (Å²) in [5.74, 6) is 0.0507. The number of carbonyl (C=O) groups excluding carboxylic acids is 1. The van der Waals surface area contributed by atoms with E-state index >= 15 is 0 Å². The van der Waals surface area contributed by atoms with E-state index in [9.17, 15) is 9.59 Å². The smallest absolute Gasteiger partial charge is 0.311 e. The lowest BCUT2D eigenvalue weighted by atomic mass is 9.91. The van der Waals surface area contributed by atoms with Crippen LogP contribution in [0.15, 0.2) is 42.5 Å². The Kier molecular flexibility index (Phi) is 8.27. The highest BCUT2D eigenvalue weighted by molar-refractivity contribution is 5.75. The number of carboxylic acid groups (broad SMARTS) is 1. The Bertz CT molecular complexity index is 872. The van der Waals surface area contributed by atoms with Crippen molar-refractivity contribution in [3.63, 3.8) is 0 Å². The average Bonchev–Trinajstić information content (AvgIpc) is 2.71. The van der Waals surface area contributed by atoms with Crippen molar-refractivity contribution >= 4 is 11.9 Å². The summed E-state index contributed by atoms with van der Waals surface area (Å²) in [6.07, 6.45) is 0.599. The third-order valence-corrected chi connectivity index (χ3v) is 4.99. The molecule has 2 rings (SSSR count). The Hall–Kier alpha value is -3.02. The van der Waals surface area contributed by atoms with Gasteiger partial charge < -0.3 is 19.3 Å². The number of para-hydroxylation sites is 2. The predicted octanol–water partition coefficient (Wildman–Crippen LogP) is 4.56. The monoisotopic (exact) mass is 414 g/mol. The number of hydrogen-bond acceptors (Lipinski definition) is 5. The summed E-state index contributed by atoms with van der Waals surface area (Å²) in [7, 11) is 0. The first kappa shape index (κ1) is 23.3. The van der Waals surface area contributed by atoms with Gasteiger partial charge in [0.15, 0.2) is 0 Å². The van der Waals surface area contributed by atoms with E-state index in [4.69, 9.17) is 19.3 Å². The minimum atomic E-state index is -0.910. The molecule has 0 saturated heterocycles. The summed E-state index contributed by atoms with van der Waals surface area (Å²) >= 11 is 0. The molecule has 0 fully saturated rings. The van der Waals surface area contributed by atoms with Crippen LogP contribution >= 0.6 is 0 Å². The van der Waals surface area contributed by atoms with Gasteiger partial charge >= 0.3 is 11.9 Å². The van der Waals surface area contributed by atoms with E-state index in [1.54, 1.807) is 24.3 Å². The number of aryl methyl sites for hydroxylation is 1. The van der Waals surface area contributed by atoms with Crippen molar-refractivity contribution in [3.8, 4) is 11.5 Å². The fraction of sp³-hybridized carbons (Fsp3) is 0.417. The third-order valence-electron chi connectivity index (χ3n) is 4.99. The van der Waals surface area contributed by atoms with E-state index < -0.39 is 11.4 Å². The molecular weight excluding hydrogens is 384 g/mol. The molecule has 0 amide bonds. The molecule has 162 valence electrons. The third kappa shape index (κ3) is 6.51. The number of carbonyl (C=O) groups is 2. The lowest BCUT2D eigenvalue weighted by Gasteiger charge is -2.21. The first-order valence-corrected chi connectivity index (χ1v) is 10.1. The van der Waals surface area contributed by atoms with Gasteiger partial charge in [0.25, 0.3) is 0 Å². The van der Waals surface area contributed by atoms with Crippen LogP contribution in [0, 0.1) is 12.3 Å². The number of hydrogen-bond donors (Lipinski definition) is 1. The molecule has 0 bridgehead atoms. The molecule has 0 atom stereocenters. The van der Waals surface area contributed by atoms with Gasteiger partial charge in [-0.05, 0) is 38.8 Å². The van der Waals surface area contributed by atoms with Gasteiger partial charge in [-0.2, -0.15) is 0 Å². The maximum Gasteiger partial charge on any atom is 0.311 e. The Morgan fingerprint density at radius 3 is 2.33 bits per heavy atom. The lowest BCUT2D eigenvalue weighted by Crippen LogP contribution is -2.25. The van der Waals surface area contributed by atoms with Crippen LogP contribution in [-0.4, -0.2) is 30.3 Å². The normalized spacial score (nSPS) is 11.1. The second-order valence-corrected chi connectivity index (χ2v) is 7.75. The summed E-state index contributed by atoms with van der Waals surface area (Å²) in [6.45, 7) is 8.28. The number of benzene rings is 2. The molecule has 2 aromatic rings. The Morgan fingerprint density at radius 2 is 1.63 bits per heavy atom. The molecule has 6 heteroatoms. The van der Waals surface area contributed by atoms with Crippen LogP contribution in [0.5, 0.6) is 11.5 Å². The highest BCUT2D eigenvalue weighted by Gasteiger charge is 2.27. The van der Waals surface area contributed by atoms with Gasteiger partial charge in [0.1, 0.15) is 31.3 Å². The van der Waals surface area contributed by atoms with Crippen LogP contribution < -0.4 is 9.47 Å². The van der Waals surface area contributed by atoms with E-state index in [-0.39, 0.29) is 32.2 Å². The van der Waals surface area contributed by atoms with Crippen LogP contribution in [0.1, 0.15) is 43.9 Å². The van der Waals surface area contributed by atoms with Crippen LogP contribution in [0.25, 0.3) is 0 Å². The van der Waals surface area contributed by atoms with Crippen LogP contribution in [0.3, 0.4) is 0 Å². The van der Waals surface area contributed by atoms with E-state index in [1.165, 1.54) is 0 Å². The number of ether oxygens (including phenoxy) is 3. The zero-order valence-electron chi connectivity index (χ0n) is 18.1. The molecule has 6 nitrogen and oxygen atoms in total. The summed E-state index contributed by atoms with van der Waals surface area (Å²) in [5.41, 5.74) is 1.82. The van der Waals surface area contributed by atoms with Crippen molar-refractivity contribution in [2.24, 2.45) is 5.41 Å². The Labute approximate surface area is 177 Å². The van der Waals surface area contributed by atoms with Crippen LogP contribution in [0.4, 0.5) is 0 Å². The zero-order valence-corrected chi connectivity index (χ0v) is 18.1. The van der Waals surface area contributed by atoms with E-state index in [0.29, 0.717) is 23.5 Å². The largest absolute Gasteiger partial charge is 0.490 e. The molecule has 30 heavy (non-hydrogen) atoms. The zero-order chi connectivity index (χ0) is 22.1. The van der Waals surface area contributed by atoms with Crippen molar-refractivity contribution in [2.75, 3.05) is 13.2 Å². The van der Waals surface area contributed by atoms with Gasteiger partial charge in [-0.1, -0.05) is 43.3 Å². The Morgan fingerprint density at radius 1 is 0.967 bits per heavy atom. The van der Waals surface area contributed by atoms with E-state index in [2.05, 4.69) is 0 Å². The maximum atomic E-state index is 12.3. The molecule has 0 aromatic heterocycles. The topological polar surface area (TPSA) is 82.1 Å². The second-order valence-electron chi connectivity index (χ2n) is 7.75. The molecular formula is C24H30O6. The van der Waals surface area contributed by atoms with Crippen molar-refractivity contribution in [1.29, 1.82) is 0 Å². The summed E-state index contributed by atoms with van der Waals surface area (Å²) < 4.78 is 17.1. The van der Waals surface area contributed by atoms with Gasteiger partial charge in [-0.25, -0.2) is 0 Å². The van der Waals surface area contributed by atoms with Crippen molar-refractivity contribution in [3.05, 3.63) is 59.2 Å². The van der Waals surface area contributed by atoms with E-state index in [0.717, 1.165) is 11.1 Å². The fourth-order valence-corrected chi connectivity index (χ4v) is 2.77. The SMILES string of the molecule is CCC(C)(C)C(=O)OCc1cccc(C)c1OCCOc1ccccc1CC(=O)O. The number of aliphatic carboxylic acids is 1. The lowest BCUT2D eigenvalue weighted by molar-refractivity contribution is -0.155. The first-order valence-electron chi connectivity index (χ1n) is 10.1. The molecule has 1 N–H and O–H groups in total. The summed E-state index contributed by atoms with van der Waals surface area (Å²) in [6, 6.07) is 12.8. The van der Waals surface area contributed by atoms with Crippen molar-refractivity contribution < 1.29 is 28.9 Å². The molecule has 0 radical (unpaired) electrons. The predicted molar refractivity (Wildman–Crippen MR) is 114 cm³/mol. The van der Waals surface area contributed by atoms with Crippen molar-refractivity contribution in [1.82, 2.24) is 0 Å². The minimum Gasteiger partial charge on any atom is -0.490 e. The number of rotatable bonds is 11. The highest BCUT2D eigenvalue weighted by atomic mass is 16.5. The molecule has 0 aliphatic heterocycles. The Balaban J connectivity index is 1.96. The van der Waals surface area contributed by atoms with Gasteiger partial charge in [-0.15, -0.1) is 0 Å². The molecule has 0 aliphatic rings. The van der Waals surface area contributed by atoms with Crippen LogP contribution in [0.2, 0.25) is 0 Å². The summed E-state index contributed by atoms with van der Waals surface area (Å²) in [4.78, 5) is 23.3. The molecule has 0 saturated carbocycles. The highest BCUT2D eigenvalue weighted by Crippen LogP contribution is 2.27. The fourth-order valence-electron chi connectivity index (χ4n) is 2.77. The van der Waals surface area contributed by atoms with Gasteiger partial charge in [-0.3, -0.25) is 9.59 Å². The molecule has 0 aliphatic carbocycles. The van der Waals surface area contributed by atoms with Gasteiger partial charge in [0.2, 0.25) is 0 Å². The molecule has 2 aromatic carbocycles. The molecule has 0 heterocycles.